The summed E-state index contributed by atoms with van der Waals surface area (Å²) in [6, 6.07) is 12.4. The van der Waals surface area contributed by atoms with Crippen LogP contribution in [0.15, 0.2) is 47.4 Å². The fourth-order valence-electron chi connectivity index (χ4n) is 1.74. The molecule has 0 aliphatic carbocycles. The molecule has 5 heteroatoms. The van der Waals surface area contributed by atoms with Crippen LogP contribution < -0.4 is 0 Å². The van der Waals surface area contributed by atoms with Crippen LogP contribution in [0.5, 0.6) is 0 Å². The zero-order chi connectivity index (χ0) is 13.3. The predicted molar refractivity (Wildman–Crippen MR) is 74.7 cm³/mol. The molecule has 2 aromatic rings. The molecule has 0 unspecified atom stereocenters. The average molecular weight is 301 g/mol. The minimum absolute atomic E-state index is 0.141. The highest BCUT2D eigenvalue weighted by molar-refractivity contribution is 8.13. The molecule has 2 rings (SSSR count). The summed E-state index contributed by atoms with van der Waals surface area (Å²) in [5.41, 5.74) is 2.52. The Balaban J connectivity index is 2.50. The predicted octanol–water partition coefficient (Wildman–Crippen LogP) is 4.24. The summed E-state index contributed by atoms with van der Waals surface area (Å²) in [5.74, 6) is 0. The van der Waals surface area contributed by atoms with Crippen molar-refractivity contribution in [3.8, 4) is 11.1 Å². The normalized spacial score (nSPS) is 11.5. The molecule has 2 nitrogen and oxygen atoms in total. The van der Waals surface area contributed by atoms with Gasteiger partial charge in [-0.25, -0.2) is 8.42 Å². The van der Waals surface area contributed by atoms with Crippen molar-refractivity contribution in [2.45, 2.75) is 11.8 Å². The summed E-state index contributed by atoms with van der Waals surface area (Å²) in [5, 5.41) is 0.662. The third-order valence-corrected chi connectivity index (χ3v) is 4.35. The van der Waals surface area contributed by atoms with E-state index >= 15 is 0 Å². The number of hydrogen-bond acceptors (Lipinski definition) is 2. The summed E-state index contributed by atoms with van der Waals surface area (Å²) in [7, 11) is 1.65. The molecule has 18 heavy (non-hydrogen) atoms. The van der Waals surface area contributed by atoms with Crippen LogP contribution in [0, 0.1) is 6.92 Å². The van der Waals surface area contributed by atoms with Crippen molar-refractivity contribution in [2.75, 3.05) is 0 Å². The lowest BCUT2D eigenvalue weighted by molar-refractivity contribution is 0.609. The molecule has 0 heterocycles. The zero-order valence-electron chi connectivity index (χ0n) is 9.52. The topological polar surface area (TPSA) is 34.1 Å². The maximum absolute atomic E-state index is 11.3. The van der Waals surface area contributed by atoms with Crippen molar-refractivity contribution in [3.63, 3.8) is 0 Å². The largest absolute Gasteiger partial charge is 0.261 e. The van der Waals surface area contributed by atoms with Crippen molar-refractivity contribution < 1.29 is 8.42 Å². The molecule has 0 amide bonds. The summed E-state index contributed by atoms with van der Waals surface area (Å²) in [6.07, 6.45) is 0. The molecular formula is C13H10Cl2O2S. The number of halogens is 2. The standard InChI is InChI=1S/C13H10Cl2O2S/c1-9-8-11(4-7-13(9)18(15,16)17)10-2-5-12(14)6-3-10/h2-8H,1H3. The SMILES string of the molecule is Cc1cc(-c2ccc(Cl)cc2)ccc1S(=O)(=O)Cl. The molecule has 2 aromatic carbocycles. The molecule has 0 aliphatic rings. The second-order valence-electron chi connectivity index (χ2n) is 3.93. The first kappa shape index (κ1) is 13.4. The Morgan fingerprint density at radius 1 is 0.944 bits per heavy atom. The van der Waals surface area contributed by atoms with E-state index in [4.69, 9.17) is 22.3 Å². The second kappa shape index (κ2) is 4.92. The third-order valence-electron chi connectivity index (χ3n) is 2.62. The fourth-order valence-corrected chi connectivity index (χ4v) is 3.06. The molecule has 94 valence electrons. The zero-order valence-corrected chi connectivity index (χ0v) is 11.9. The molecule has 0 aromatic heterocycles. The van der Waals surface area contributed by atoms with Gasteiger partial charge in [-0.05, 0) is 41.8 Å². The summed E-state index contributed by atoms with van der Waals surface area (Å²) < 4.78 is 22.6. The van der Waals surface area contributed by atoms with E-state index in [1.165, 1.54) is 6.07 Å². The van der Waals surface area contributed by atoms with Crippen LogP contribution in [0.4, 0.5) is 0 Å². The smallest absolute Gasteiger partial charge is 0.207 e. The van der Waals surface area contributed by atoms with Crippen molar-refractivity contribution in [2.24, 2.45) is 0 Å². The van der Waals surface area contributed by atoms with Gasteiger partial charge in [0.2, 0.25) is 0 Å². The van der Waals surface area contributed by atoms with Gasteiger partial charge in [0.1, 0.15) is 0 Å². The van der Waals surface area contributed by atoms with Crippen LogP contribution in [-0.4, -0.2) is 8.42 Å². The molecule has 0 saturated carbocycles. The second-order valence-corrected chi connectivity index (χ2v) is 6.90. The summed E-state index contributed by atoms with van der Waals surface area (Å²) in [4.78, 5) is 0.141. The van der Waals surface area contributed by atoms with E-state index < -0.39 is 9.05 Å². The van der Waals surface area contributed by atoms with Crippen molar-refractivity contribution in [1.82, 2.24) is 0 Å². The van der Waals surface area contributed by atoms with Gasteiger partial charge in [0, 0.05) is 15.7 Å². The molecule has 0 fully saturated rings. The van der Waals surface area contributed by atoms with Gasteiger partial charge in [-0.3, -0.25) is 0 Å². The Hall–Kier alpha value is -1.03. The van der Waals surface area contributed by atoms with Gasteiger partial charge in [0.15, 0.2) is 0 Å². The highest BCUT2D eigenvalue weighted by Gasteiger charge is 2.13. The molecular weight excluding hydrogens is 291 g/mol. The number of hydrogen-bond donors (Lipinski definition) is 0. The Morgan fingerprint density at radius 2 is 1.50 bits per heavy atom. The quantitative estimate of drug-likeness (QED) is 0.777. The van der Waals surface area contributed by atoms with Crippen molar-refractivity contribution >= 4 is 31.3 Å². The summed E-state index contributed by atoms with van der Waals surface area (Å²) in [6.45, 7) is 1.72. The van der Waals surface area contributed by atoms with Gasteiger partial charge in [0.25, 0.3) is 9.05 Å². The van der Waals surface area contributed by atoms with Gasteiger partial charge >= 0.3 is 0 Å². The number of benzene rings is 2. The fraction of sp³-hybridized carbons (Fsp3) is 0.0769. The van der Waals surface area contributed by atoms with E-state index in [2.05, 4.69) is 0 Å². The average Bonchev–Trinajstić information content (AvgIpc) is 2.28. The highest BCUT2D eigenvalue weighted by atomic mass is 35.7. The van der Waals surface area contributed by atoms with Crippen LogP contribution in [0.2, 0.25) is 5.02 Å². The lowest BCUT2D eigenvalue weighted by Crippen LogP contribution is -1.94. The minimum Gasteiger partial charge on any atom is -0.207 e. The Bertz CT molecular complexity index is 677. The highest BCUT2D eigenvalue weighted by Crippen LogP contribution is 2.27. The van der Waals surface area contributed by atoms with Gasteiger partial charge in [-0.1, -0.05) is 35.9 Å². The molecule has 0 saturated heterocycles. The Labute approximate surface area is 116 Å². The maximum atomic E-state index is 11.3. The summed E-state index contributed by atoms with van der Waals surface area (Å²) >= 11 is 5.82. The Morgan fingerprint density at radius 3 is 2.00 bits per heavy atom. The first-order chi connectivity index (χ1) is 8.38. The van der Waals surface area contributed by atoms with Crippen LogP contribution in [0.25, 0.3) is 11.1 Å². The van der Waals surface area contributed by atoms with Gasteiger partial charge in [0.05, 0.1) is 4.90 Å². The van der Waals surface area contributed by atoms with E-state index in [9.17, 15) is 8.42 Å². The first-order valence-electron chi connectivity index (χ1n) is 5.19. The maximum Gasteiger partial charge on any atom is 0.261 e. The van der Waals surface area contributed by atoms with E-state index in [0.717, 1.165) is 11.1 Å². The van der Waals surface area contributed by atoms with Gasteiger partial charge < -0.3 is 0 Å². The van der Waals surface area contributed by atoms with Gasteiger partial charge in [-0.15, -0.1) is 0 Å². The monoisotopic (exact) mass is 300 g/mol. The van der Waals surface area contributed by atoms with Crippen molar-refractivity contribution in [3.05, 3.63) is 53.1 Å². The lowest BCUT2D eigenvalue weighted by Gasteiger charge is -2.06. The van der Waals surface area contributed by atoms with Gasteiger partial charge in [-0.2, -0.15) is 0 Å². The molecule has 0 radical (unpaired) electrons. The number of rotatable bonds is 2. The van der Waals surface area contributed by atoms with Crippen LogP contribution in [0.3, 0.4) is 0 Å². The molecule has 0 N–H and O–H groups in total. The first-order valence-corrected chi connectivity index (χ1v) is 7.88. The van der Waals surface area contributed by atoms with E-state index in [-0.39, 0.29) is 4.90 Å². The van der Waals surface area contributed by atoms with E-state index in [1.54, 1.807) is 31.2 Å². The molecule has 0 bridgehead atoms. The van der Waals surface area contributed by atoms with Crippen LogP contribution in [-0.2, 0) is 9.05 Å². The van der Waals surface area contributed by atoms with E-state index in [0.29, 0.717) is 10.6 Å². The molecule has 0 atom stereocenters. The van der Waals surface area contributed by atoms with Crippen LogP contribution >= 0.6 is 22.3 Å². The van der Waals surface area contributed by atoms with Crippen molar-refractivity contribution in [1.29, 1.82) is 0 Å². The molecule has 0 spiro atoms. The van der Waals surface area contributed by atoms with E-state index in [1.807, 2.05) is 12.1 Å². The Kier molecular flexibility index (Phi) is 3.66. The third kappa shape index (κ3) is 2.86. The molecule has 0 aliphatic heterocycles. The number of aryl methyl sites for hydroxylation is 1. The minimum atomic E-state index is -3.69. The lowest BCUT2D eigenvalue weighted by atomic mass is 10.0. The van der Waals surface area contributed by atoms with Crippen LogP contribution in [0.1, 0.15) is 5.56 Å².